The van der Waals surface area contributed by atoms with Crippen LogP contribution >= 0.6 is 0 Å². The van der Waals surface area contributed by atoms with Crippen molar-refractivity contribution in [3.63, 3.8) is 0 Å². The summed E-state index contributed by atoms with van der Waals surface area (Å²) in [5.74, 6) is 2.54. The zero-order valence-corrected chi connectivity index (χ0v) is 11.1. The van der Waals surface area contributed by atoms with Gasteiger partial charge in [0.15, 0.2) is 0 Å². The standard InChI is InChI=1S/C15H23NO/c1-11(2)8-12(3)9-16-14-10-17-15-7-5-4-6-13(14)15/h4-7,11-12,14,16H,8-10H2,1-3H3. The summed E-state index contributed by atoms with van der Waals surface area (Å²) in [5.41, 5.74) is 1.31. The molecule has 1 N–H and O–H groups in total. The number of nitrogens with one attached hydrogen (secondary N) is 1. The Balaban J connectivity index is 1.85. The van der Waals surface area contributed by atoms with E-state index in [9.17, 15) is 0 Å². The van der Waals surface area contributed by atoms with Crippen LogP contribution in [0.5, 0.6) is 5.75 Å². The summed E-state index contributed by atoms with van der Waals surface area (Å²) < 4.78 is 5.66. The molecule has 0 radical (unpaired) electrons. The van der Waals surface area contributed by atoms with E-state index in [1.165, 1.54) is 12.0 Å². The summed E-state index contributed by atoms with van der Waals surface area (Å²) in [7, 11) is 0. The topological polar surface area (TPSA) is 21.3 Å². The Labute approximate surface area is 104 Å². The van der Waals surface area contributed by atoms with Crippen molar-refractivity contribution >= 4 is 0 Å². The predicted octanol–water partition coefficient (Wildman–Crippen LogP) is 3.39. The quantitative estimate of drug-likeness (QED) is 0.841. The maximum atomic E-state index is 5.66. The van der Waals surface area contributed by atoms with Crippen LogP contribution in [0.25, 0.3) is 0 Å². The highest BCUT2D eigenvalue weighted by molar-refractivity contribution is 5.39. The van der Waals surface area contributed by atoms with Crippen molar-refractivity contribution in [3.05, 3.63) is 29.8 Å². The normalized spacial score (nSPS) is 20.1. The maximum Gasteiger partial charge on any atom is 0.124 e. The molecule has 94 valence electrons. The van der Waals surface area contributed by atoms with Gasteiger partial charge in [0.2, 0.25) is 0 Å². The Morgan fingerprint density at radius 1 is 1.29 bits per heavy atom. The first kappa shape index (κ1) is 12.4. The molecule has 2 atom stereocenters. The van der Waals surface area contributed by atoms with Crippen molar-refractivity contribution in [2.24, 2.45) is 11.8 Å². The van der Waals surface area contributed by atoms with Crippen LogP contribution in [0.1, 0.15) is 38.8 Å². The summed E-state index contributed by atoms with van der Waals surface area (Å²) in [6, 6.07) is 8.70. The molecule has 1 heterocycles. The van der Waals surface area contributed by atoms with Crippen LogP contribution in [0.3, 0.4) is 0 Å². The van der Waals surface area contributed by atoms with Gasteiger partial charge in [0, 0.05) is 5.56 Å². The van der Waals surface area contributed by atoms with E-state index in [0.29, 0.717) is 6.04 Å². The minimum absolute atomic E-state index is 0.376. The van der Waals surface area contributed by atoms with Gasteiger partial charge in [-0.15, -0.1) is 0 Å². The Bertz CT molecular complexity index is 362. The SMILES string of the molecule is CC(C)CC(C)CNC1COc2ccccc21. The molecule has 0 aliphatic carbocycles. The lowest BCUT2D eigenvalue weighted by molar-refractivity contribution is 0.299. The smallest absolute Gasteiger partial charge is 0.124 e. The number of fused-ring (bicyclic) bond motifs is 1. The van der Waals surface area contributed by atoms with Gasteiger partial charge in [0.1, 0.15) is 12.4 Å². The molecule has 2 rings (SSSR count). The fourth-order valence-corrected chi connectivity index (χ4v) is 2.56. The molecule has 0 bridgehead atoms. The van der Waals surface area contributed by atoms with Crippen molar-refractivity contribution in [3.8, 4) is 5.75 Å². The molecule has 0 aromatic heterocycles. The highest BCUT2D eigenvalue weighted by Gasteiger charge is 2.23. The van der Waals surface area contributed by atoms with Gasteiger partial charge in [-0.2, -0.15) is 0 Å². The van der Waals surface area contributed by atoms with E-state index in [1.807, 2.05) is 6.07 Å². The molecule has 2 unspecified atom stereocenters. The second-order valence-corrected chi connectivity index (χ2v) is 5.54. The van der Waals surface area contributed by atoms with E-state index in [-0.39, 0.29) is 0 Å². The summed E-state index contributed by atoms with van der Waals surface area (Å²) >= 11 is 0. The lowest BCUT2D eigenvalue weighted by Crippen LogP contribution is -2.27. The lowest BCUT2D eigenvalue weighted by Gasteiger charge is -2.18. The van der Waals surface area contributed by atoms with Gasteiger partial charge < -0.3 is 10.1 Å². The first-order chi connectivity index (χ1) is 8.16. The van der Waals surface area contributed by atoms with Gasteiger partial charge in [-0.25, -0.2) is 0 Å². The fourth-order valence-electron chi connectivity index (χ4n) is 2.56. The van der Waals surface area contributed by atoms with Gasteiger partial charge in [0.25, 0.3) is 0 Å². The van der Waals surface area contributed by atoms with E-state index >= 15 is 0 Å². The molecule has 1 aliphatic rings. The zero-order valence-electron chi connectivity index (χ0n) is 11.1. The second-order valence-electron chi connectivity index (χ2n) is 5.54. The van der Waals surface area contributed by atoms with E-state index < -0.39 is 0 Å². The van der Waals surface area contributed by atoms with Crippen LogP contribution in [0, 0.1) is 11.8 Å². The van der Waals surface area contributed by atoms with Crippen molar-refractivity contribution in [1.29, 1.82) is 0 Å². The molecule has 0 spiro atoms. The Kier molecular flexibility index (Phi) is 4.06. The van der Waals surface area contributed by atoms with Crippen LogP contribution in [-0.4, -0.2) is 13.2 Å². The number of hydrogen-bond donors (Lipinski definition) is 1. The number of benzene rings is 1. The predicted molar refractivity (Wildman–Crippen MR) is 71.3 cm³/mol. The number of rotatable bonds is 5. The Hall–Kier alpha value is -1.02. The molecule has 2 heteroatoms. The summed E-state index contributed by atoms with van der Waals surface area (Å²) in [6.07, 6.45) is 1.28. The molecular formula is C15H23NO. The maximum absolute atomic E-state index is 5.66. The zero-order chi connectivity index (χ0) is 12.3. The monoisotopic (exact) mass is 233 g/mol. The molecule has 0 saturated carbocycles. The third-order valence-electron chi connectivity index (χ3n) is 3.29. The first-order valence-corrected chi connectivity index (χ1v) is 6.62. The molecule has 0 saturated heterocycles. The van der Waals surface area contributed by atoms with Crippen LogP contribution < -0.4 is 10.1 Å². The Morgan fingerprint density at radius 2 is 2.06 bits per heavy atom. The molecule has 1 aromatic rings. The van der Waals surface area contributed by atoms with Gasteiger partial charge in [-0.05, 0) is 30.9 Å². The Morgan fingerprint density at radius 3 is 2.82 bits per heavy atom. The summed E-state index contributed by atoms with van der Waals surface area (Å²) in [6.45, 7) is 8.72. The summed E-state index contributed by atoms with van der Waals surface area (Å²) in [5, 5.41) is 3.62. The van der Waals surface area contributed by atoms with Crippen LogP contribution in [-0.2, 0) is 0 Å². The van der Waals surface area contributed by atoms with Gasteiger partial charge >= 0.3 is 0 Å². The van der Waals surface area contributed by atoms with Crippen LogP contribution in [0.4, 0.5) is 0 Å². The molecule has 2 nitrogen and oxygen atoms in total. The van der Waals surface area contributed by atoms with E-state index in [1.54, 1.807) is 0 Å². The number of para-hydroxylation sites is 1. The first-order valence-electron chi connectivity index (χ1n) is 6.62. The second kappa shape index (κ2) is 5.54. The fraction of sp³-hybridized carbons (Fsp3) is 0.600. The third-order valence-corrected chi connectivity index (χ3v) is 3.29. The molecule has 1 aromatic carbocycles. The molecule has 0 fully saturated rings. The van der Waals surface area contributed by atoms with Gasteiger partial charge in [0.05, 0.1) is 6.04 Å². The average Bonchev–Trinajstić information content (AvgIpc) is 2.69. The van der Waals surface area contributed by atoms with Crippen molar-refractivity contribution in [2.75, 3.05) is 13.2 Å². The molecule has 0 amide bonds. The van der Waals surface area contributed by atoms with Crippen LogP contribution in [0.15, 0.2) is 24.3 Å². The van der Waals surface area contributed by atoms with Gasteiger partial charge in [-0.3, -0.25) is 0 Å². The van der Waals surface area contributed by atoms with Crippen LogP contribution in [0.2, 0.25) is 0 Å². The van der Waals surface area contributed by atoms with Crippen molar-refractivity contribution in [2.45, 2.75) is 33.2 Å². The molecule has 1 aliphatic heterocycles. The average molecular weight is 233 g/mol. The van der Waals surface area contributed by atoms with E-state index in [2.05, 4.69) is 44.3 Å². The number of ether oxygens (including phenoxy) is 1. The largest absolute Gasteiger partial charge is 0.491 e. The van der Waals surface area contributed by atoms with Crippen molar-refractivity contribution in [1.82, 2.24) is 5.32 Å². The minimum atomic E-state index is 0.376. The highest BCUT2D eigenvalue weighted by atomic mass is 16.5. The third kappa shape index (κ3) is 3.22. The molecular weight excluding hydrogens is 210 g/mol. The van der Waals surface area contributed by atoms with E-state index in [4.69, 9.17) is 4.74 Å². The van der Waals surface area contributed by atoms with E-state index in [0.717, 1.165) is 30.7 Å². The summed E-state index contributed by atoms with van der Waals surface area (Å²) in [4.78, 5) is 0. The van der Waals surface area contributed by atoms with Crippen molar-refractivity contribution < 1.29 is 4.74 Å². The minimum Gasteiger partial charge on any atom is -0.491 e. The molecule has 17 heavy (non-hydrogen) atoms. The van der Waals surface area contributed by atoms with Gasteiger partial charge in [-0.1, -0.05) is 39.0 Å². The highest BCUT2D eigenvalue weighted by Crippen LogP contribution is 2.31. The number of hydrogen-bond acceptors (Lipinski definition) is 2. The lowest BCUT2D eigenvalue weighted by atomic mass is 9.98.